The molecule has 2 nitrogen and oxygen atoms in total. The van der Waals surface area contributed by atoms with E-state index in [9.17, 15) is 4.79 Å². The maximum atomic E-state index is 10.9. The topological polar surface area (TPSA) is 29.1 Å². The summed E-state index contributed by atoms with van der Waals surface area (Å²) in [5, 5.41) is 2.89. The molecule has 1 unspecified atom stereocenters. The fourth-order valence-electron chi connectivity index (χ4n) is 0.840. The zero-order valence-electron chi connectivity index (χ0n) is 7.19. The van der Waals surface area contributed by atoms with Crippen molar-refractivity contribution in [3.05, 3.63) is 0 Å². The molecular formula is C8H16ClNO. The summed E-state index contributed by atoms with van der Waals surface area (Å²) in [6.07, 6.45) is 2.38. The van der Waals surface area contributed by atoms with E-state index in [1.807, 2.05) is 13.8 Å². The molecule has 0 aliphatic rings. The van der Waals surface area contributed by atoms with Crippen molar-refractivity contribution in [3.8, 4) is 0 Å². The van der Waals surface area contributed by atoms with Gasteiger partial charge >= 0.3 is 0 Å². The van der Waals surface area contributed by atoms with Crippen LogP contribution in [0.1, 0.15) is 33.1 Å². The molecule has 3 heteroatoms. The summed E-state index contributed by atoms with van der Waals surface area (Å²) in [5.41, 5.74) is 0. The second-order valence-electron chi connectivity index (χ2n) is 2.50. The minimum atomic E-state index is 0.113. The molecular weight excluding hydrogens is 162 g/mol. The van der Waals surface area contributed by atoms with Crippen molar-refractivity contribution in [3.63, 3.8) is 0 Å². The van der Waals surface area contributed by atoms with Crippen LogP contribution in [0.3, 0.4) is 0 Å². The first kappa shape index (κ1) is 10.8. The number of amides is 1. The van der Waals surface area contributed by atoms with E-state index < -0.39 is 0 Å². The third kappa shape index (κ3) is 5.08. The van der Waals surface area contributed by atoms with E-state index >= 15 is 0 Å². The maximum Gasteiger partial charge on any atom is 0.219 e. The van der Waals surface area contributed by atoms with Gasteiger partial charge in [-0.05, 0) is 12.8 Å². The van der Waals surface area contributed by atoms with Crippen molar-refractivity contribution in [2.45, 2.75) is 39.2 Å². The summed E-state index contributed by atoms with van der Waals surface area (Å²) in [7, 11) is 0. The zero-order chi connectivity index (χ0) is 8.69. The van der Waals surface area contributed by atoms with Gasteiger partial charge in [0.25, 0.3) is 0 Å². The van der Waals surface area contributed by atoms with Gasteiger partial charge in [-0.1, -0.05) is 13.8 Å². The minimum absolute atomic E-state index is 0.113. The molecule has 0 fully saturated rings. The summed E-state index contributed by atoms with van der Waals surface area (Å²) in [6.45, 7) is 3.90. The van der Waals surface area contributed by atoms with Gasteiger partial charge in [0, 0.05) is 18.3 Å². The molecule has 11 heavy (non-hydrogen) atoms. The Bertz CT molecular complexity index is 117. The lowest BCUT2D eigenvalue weighted by Crippen LogP contribution is -2.34. The number of nitrogens with one attached hydrogen (secondary N) is 1. The molecule has 0 aliphatic carbocycles. The van der Waals surface area contributed by atoms with Gasteiger partial charge in [-0.15, -0.1) is 11.6 Å². The summed E-state index contributed by atoms with van der Waals surface area (Å²) in [4.78, 5) is 10.9. The third-order valence-corrected chi connectivity index (χ3v) is 1.85. The number of rotatable bonds is 5. The monoisotopic (exact) mass is 177 g/mol. The number of halogens is 1. The summed E-state index contributed by atoms with van der Waals surface area (Å²) >= 11 is 5.55. The first-order chi connectivity index (χ1) is 5.24. The average molecular weight is 178 g/mol. The van der Waals surface area contributed by atoms with Crippen LogP contribution in [-0.2, 0) is 4.79 Å². The van der Waals surface area contributed by atoms with Gasteiger partial charge in [-0.3, -0.25) is 4.79 Å². The molecule has 0 saturated heterocycles. The molecule has 0 aromatic carbocycles. The summed E-state index contributed by atoms with van der Waals surface area (Å²) in [5.74, 6) is 0.727. The lowest BCUT2D eigenvalue weighted by atomic mass is 10.1. The van der Waals surface area contributed by atoms with Gasteiger partial charge in [0.2, 0.25) is 5.91 Å². The molecule has 0 heterocycles. The first-order valence-corrected chi connectivity index (χ1v) is 4.63. The summed E-state index contributed by atoms with van der Waals surface area (Å²) < 4.78 is 0. The predicted octanol–water partition coefficient (Wildman–Crippen LogP) is 1.92. The Kier molecular flexibility index (Phi) is 6.33. The molecule has 0 bridgehead atoms. The Balaban J connectivity index is 3.58. The smallest absolute Gasteiger partial charge is 0.219 e. The number of carbonyl (C=O) groups is 1. The van der Waals surface area contributed by atoms with Crippen LogP contribution in [0.5, 0.6) is 0 Å². The second kappa shape index (κ2) is 6.47. The average Bonchev–Trinajstić information content (AvgIpc) is 2.03. The number of hydrogen-bond acceptors (Lipinski definition) is 1. The lowest BCUT2D eigenvalue weighted by molar-refractivity contribution is -0.121. The highest BCUT2D eigenvalue weighted by Gasteiger charge is 2.06. The van der Waals surface area contributed by atoms with Crippen LogP contribution in [0.2, 0.25) is 0 Å². The molecule has 0 rings (SSSR count). The van der Waals surface area contributed by atoms with Gasteiger partial charge in [0.1, 0.15) is 0 Å². The Morgan fingerprint density at radius 3 is 2.55 bits per heavy atom. The van der Waals surface area contributed by atoms with Crippen molar-refractivity contribution in [2.75, 3.05) is 5.88 Å². The molecule has 66 valence electrons. The second-order valence-corrected chi connectivity index (χ2v) is 2.88. The molecule has 1 N–H and O–H groups in total. The zero-order valence-corrected chi connectivity index (χ0v) is 7.95. The van der Waals surface area contributed by atoms with Crippen molar-refractivity contribution >= 4 is 17.5 Å². The largest absolute Gasteiger partial charge is 0.353 e. The fourth-order valence-corrected chi connectivity index (χ4v) is 1.10. The molecule has 0 spiro atoms. The number of alkyl halides is 1. The maximum absolute atomic E-state index is 10.9. The van der Waals surface area contributed by atoms with Gasteiger partial charge in [0.05, 0.1) is 0 Å². The molecule has 0 radical (unpaired) electrons. The Morgan fingerprint density at radius 1 is 1.55 bits per heavy atom. The predicted molar refractivity (Wildman–Crippen MR) is 47.8 cm³/mol. The van der Waals surface area contributed by atoms with Gasteiger partial charge in [-0.25, -0.2) is 0 Å². The molecule has 0 aromatic heterocycles. The van der Waals surface area contributed by atoms with Crippen molar-refractivity contribution in [1.82, 2.24) is 5.32 Å². The van der Waals surface area contributed by atoms with E-state index in [1.165, 1.54) is 0 Å². The first-order valence-electron chi connectivity index (χ1n) is 4.09. The number of carbonyl (C=O) groups excluding carboxylic acids is 1. The van der Waals surface area contributed by atoms with E-state index in [2.05, 4.69) is 5.32 Å². The highest BCUT2D eigenvalue weighted by Crippen LogP contribution is 1.99. The van der Waals surface area contributed by atoms with Crippen molar-refractivity contribution in [1.29, 1.82) is 0 Å². The van der Waals surface area contributed by atoms with Crippen LogP contribution in [0.25, 0.3) is 0 Å². The van der Waals surface area contributed by atoms with Crippen LogP contribution in [-0.4, -0.2) is 17.8 Å². The highest BCUT2D eigenvalue weighted by molar-refractivity contribution is 6.17. The van der Waals surface area contributed by atoms with Gasteiger partial charge in [0.15, 0.2) is 0 Å². The minimum Gasteiger partial charge on any atom is -0.353 e. The van der Waals surface area contributed by atoms with Crippen LogP contribution in [0, 0.1) is 0 Å². The lowest BCUT2D eigenvalue weighted by Gasteiger charge is -2.14. The van der Waals surface area contributed by atoms with Crippen LogP contribution in [0.15, 0.2) is 0 Å². The van der Waals surface area contributed by atoms with Crippen molar-refractivity contribution in [2.24, 2.45) is 0 Å². The van der Waals surface area contributed by atoms with E-state index in [1.54, 1.807) is 0 Å². The normalized spacial score (nSPS) is 12.6. The van der Waals surface area contributed by atoms with Crippen LogP contribution < -0.4 is 5.32 Å². The highest BCUT2D eigenvalue weighted by atomic mass is 35.5. The van der Waals surface area contributed by atoms with Gasteiger partial charge in [-0.2, -0.15) is 0 Å². The van der Waals surface area contributed by atoms with E-state index in [-0.39, 0.29) is 11.9 Å². The third-order valence-electron chi connectivity index (χ3n) is 1.64. The standard InChI is InChI=1S/C8H16ClNO/c1-3-7(5-6-9)10-8(11)4-2/h7H,3-6H2,1-2H3,(H,10,11). The van der Waals surface area contributed by atoms with E-state index in [0.29, 0.717) is 12.3 Å². The van der Waals surface area contributed by atoms with E-state index in [4.69, 9.17) is 11.6 Å². The molecule has 0 saturated carbocycles. The van der Waals surface area contributed by atoms with Gasteiger partial charge < -0.3 is 5.32 Å². The molecule has 0 aromatic rings. The van der Waals surface area contributed by atoms with Crippen LogP contribution in [0.4, 0.5) is 0 Å². The number of hydrogen-bond donors (Lipinski definition) is 1. The van der Waals surface area contributed by atoms with Crippen LogP contribution >= 0.6 is 11.6 Å². The fraction of sp³-hybridized carbons (Fsp3) is 0.875. The SMILES string of the molecule is CCC(=O)NC(CC)CCCl. The molecule has 0 aliphatic heterocycles. The molecule has 1 atom stereocenters. The Hall–Kier alpha value is -0.240. The van der Waals surface area contributed by atoms with Crippen molar-refractivity contribution < 1.29 is 4.79 Å². The Morgan fingerprint density at radius 2 is 2.18 bits per heavy atom. The Labute approximate surface area is 73.3 Å². The van der Waals surface area contributed by atoms with E-state index in [0.717, 1.165) is 12.8 Å². The molecule has 1 amide bonds. The summed E-state index contributed by atoms with van der Waals surface area (Å²) in [6, 6.07) is 0.264. The quantitative estimate of drug-likeness (QED) is 0.639.